The van der Waals surface area contributed by atoms with E-state index in [-0.39, 0.29) is 37.3 Å². The number of hydrogen-bond donors (Lipinski definition) is 7. The van der Waals surface area contributed by atoms with Crippen molar-refractivity contribution >= 4 is 40.8 Å². The molecule has 0 spiro atoms. The van der Waals surface area contributed by atoms with Crippen LogP contribution in [0.15, 0.2) is 67.0 Å². The van der Waals surface area contributed by atoms with E-state index >= 15 is 0 Å². The van der Waals surface area contributed by atoms with E-state index in [0.717, 1.165) is 90.7 Å². The van der Waals surface area contributed by atoms with E-state index in [4.69, 9.17) is 16.4 Å². The number of aliphatic hydroxyl groups is 1. The summed E-state index contributed by atoms with van der Waals surface area (Å²) in [7, 11) is 0. The van der Waals surface area contributed by atoms with Gasteiger partial charge in [0.05, 0.1) is 17.8 Å². The molecule has 0 saturated carbocycles. The number of piperidine rings is 2. The van der Waals surface area contributed by atoms with E-state index in [1.807, 2.05) is 56.6 Å². The van der Waals surface area contributed by atoms with Gasteiger partial charge in [-0.3, -0.25) is 19.3 Å². The van der Waals surface area contributed by atoms with Crippen LogP contribution in [0.1, 0.15) is 99.2 Å². The van der Waals surface area contributed by atoms with Gasteiger partial charge in [-0.15, -0.1) is 16.6 Å². The first-order valence-electron chi connectivity index (χ1n) is 27.2. The third-order valence-corrected chi connectivity index (χ3v) is 16.9. The molecule has 4 fully saturated rings. The van der Waals surface area contributed by atoms with Crippen LogP contribution in [0.2, 0.25) is 0 Å². The predicted octanol–water partition coefficient (Wildman–Crippen LogP) is 4.00. The Morgan fingerprint density at radius 1 is 0.935 bits per heavy atom. The number of terminal acetylenes is 1. The number of phenols is 1. The van der Waals surface area contributed by atoms with Crippen molar-refractivity contribution in [3.05, 3.63) is 94.9 Å². The summed E-state index contributed by atoms with van der Waals surface area (Å²) in [6.07, 6.45) is 13.4. The normalized spacial score (nSPS) is 22.4. The zero-order valence-electron chi connectivity index (χ0n) is 44.2. The number of aromatic hydroxyl groups is 1. The van der Waals surface area contributed by atoms with E-state index < -0.39 is 47.4 Å². The molecule has 77 heavy (non-hydrogen) atoms. The molecule has 5 aromatic rings. The fourth-order valence-electron chi connectivity index (χ4n) is 12.2. The number of H-pyrrole nitrogens is 1. The number of aliphatic carboxylic acids is 1. The first-order chi connectivity index (χ1) is 37.1. The zero-order valence-corrected chi connectivity index (χ0v) is 44.2. The number of piperazine rings is 1. The quantitative estimate of drug-likeness (QED) is 0.0777. The van der Waals surface area contributed by atoms with Gasteiger partial charge in [0.15, 0.2) is 5.65 Å². The van der Waals surface area contributed by atoms with Crippen molar-refractivity contribution in [1.29, 1.82) is 0 Å². The number of aromatic nitrogens is 5. The van der Waals surface area contributed by atoms with Gasteiger partial charge in [-0.1, -0.05) is 44.0 Å². The molecule has 0 bridgehead atoms. The summed E-state index contributed by atoms with van der Waals surface area (Å²) < 4.78 is 0. The lowest BCUT2D eigenvalue weighted by Gasteiger charge is -2.43. The predicted molar refractivity (Wildman–Crippen MR) is 290 cm³/mol. The Labute approximate surface area is 449 Å². The second-order valence-electron chi connectivity index (χ2n) is 22.2. The van der Waals surface area contributed by atoms with Crippen molar-refractivity contribution in [3.8, 4) is 29.4 Å². The minimum atomic E-state index is -1.04. The standard InChI is InChI=1S/C57H71N13O7/c1-5-36-10-12-37(13-11-36)30-59-52(73)47-28-41(71)33-70(47)53(74)50(57(3,4)19-26-66-27-20-58-46(34-66)54(75)76)63-56(77)68-23-16-40(17-24-68)67-21-14-38(15-22-67)39-31-60-55(61-32-39)69-25-18-44-49(35(69)2)43-29-45(64-65-51(43)62-44)42-8-6-7-9-48(42)72/h1,6-13,29,31-32,35,38,40-41,46-47,50,58,71-72H,14-28,30,33-34H2,2-4H3,(H,59,73)(H,62,65)(H,63,77)(H,75,76)/t35-,41-,46+,47+,50-/m1/s1. The molecule has 2 aromatic carbocycles. The first-order valence-corrected chi connectivity index (χ1v) is 27.2. The highest BCUT2D eigenvalue weighted by Crippen LogP contribution is 2.39. The van der Waals surface area contributed by atoms with Crippen LogP contribution in [-0.4, -0.2) is 180 Å². The number of likely N-dealkylation sites (tertiary alicyclic amines) is 3. The highest BCUT2D eigenvalue weighted by atomic mass is 16.4. The van der Waals surface area contributed by atoms with Gasteiger partial charge in [0.1, 0.15) is 23.9 Å². The van der Waals surface area contributed by atoms with Crippen LogP contribution in [0.4, 0.5) is 10.7 Å². The number of hydrogen-bond acceptors (Lipinski definition) is 14. The minimum Gasteiger partial charge on any atom is -0.507 e. The Kier molecular flexibility index (Phi) is 15.8. The summed E-state index contributed by atoms with van der Waals surface area (Å²) in [5.41, 5.74) is 6.08. The number of β-amino-alcohol motifs (C(OH)–C–C–N with tert-alkyl or cyclic N) is 1. The number of carboxylic acids is 1. The molecular weight excluding hydrogens is 979 g/mol. The lowest BCUT2D eigenvalue weighted by Crippen LogP contribution is -2.61. The molecular formula is C57H71N13O7. The monoisotopic (exact) mass is 1050 g/mol. The zero-order chi connectivity index (χ0) is 54.0. The first kappa shape index (κ1) is 53.2. The smallest absolute Gasteiger partial charge is 0.322 e. The van der Waals surface area contributed by atoms with Crippen molar-refractivity contribution in [1.82, 2.24) is 60.7 Å². The number of fused-ring (bicyclic) bond motifs is 3. The number of nitrogens with zero attached hydrogens (tertiary/aromatic N) is 9. The fraction of sp³-hybridized carbons (Fsp3) is 0.509. The molecule has 406 valence electrons. The van der Waals surface area contributed by atoms with Crippen LogP contribution >= 0.6 is 0 Å². The number of carboxylic acid groups (broad SMARTS) is 1. The van der Waals surface area contributed by atoms with Crippen LogP contribution in [0.5, 0.6) is 5.75 Å². The maximum absolute atomic E-state index is 14.9. The van der Waals surface area contributed by atoms with Crippen molar-refractivity contribution in [2.75, 3.05) is 70.3 Å². The number of urea groups is 1. The van der Waals surface area contributed by atoms with Gasteiger partial charge in [0, 0.05) is 111 Å². The maximum Gasteiger partial charge on any atom is 0.322 e. The van der Waals surface area contributed by atoms with Gasteiger partial charge < -0.3 is 55.9 Å². The molecule has 5 aliphatic rings. The van der Waals surface area contributed by atoms with Gasteiger partial charge >= 0.3 is 12.0 Å². The average molecular weight is 1050 g/mol. The molecule has 4 saturated heterocycles. The van der Waals surface area contributed by atoms with Crippen LogP contribution < -0.4 is 20.9 Å². The number of anilines is 1. The molecule has 4 amide bonds. The molecule has 5 atom stereocenters. The van der Waals surface area contributed by atoms with Gasteiger partial charge in [-0.25, -0.2) is 14.8 Å². The topological polar surface area (TPSA) is 249 Å². The van der Waals surface area contributed by atoms with Crippen molar-refractivity contribution in [3.63, 3.8) is 0 Å². The number of para-hydroxylation sites is 1. The lowest BCUT2D eigenvalue weighted by molar-refractivity contribution is -0.142. The second kappa shape index (κ2) is 22.8. The summed E-state index contributed by atoms with van der Waals surface area (Å²) in [6, 6.07) is 13.6. The van der Waals surface area contributed by atoms with Crippen LogP contribution in [0.25, 0.3) is 22.3 Å². The van der Waals surface area contributed by atoms with E-state index in [1.54, 1.807) is 29.2 Å². The van der Waals surface area contributed by atoms with Gasteiger partial charge in [0.2, 0.25) is 17.8 Å². The van der Waals surface area contributed by atoms with Crippen LogP contribution in [0, 0.1) is 17.8 Å². The maximum atomic E-state index is 14.9. The Morgan fingerprint density at radius 2 is 1.68 bits per heavy atom. The minimum absolute atomic E-state index is 0.0195. The number of benzene rings is 2. The number of carbonyl (C=O) groups excluding carboxylic acids is 3. The van der Waals surface area contributed by atoms with Gasteiger partial charge in [0.25, 0.3) is 0 Å². The van der Waals surface area contributed by atoms with E-state index in [9.17, 15) is 34.5 Å². The molecule has 20 heteroatoms. The Hall–Kier alpha value is -7.18. The molecule has 0 unspecified atom stereocenters. The summed E-state index contributed by atoms with van der Waals surface area (Å²) in [5, 5.41) is 50.1. The molecule has 10 rings (SSSR count). The number of aromatic amines is 1. The summed E-state index contributed by atoms with van der Waals surface area (Å²) >= 11 is 0. The third kappa shape index (κ3) is 11.6. The molecule has 8 heterocycles. The fourth-order valence-corrected chi connectivity index (χ4v) is 12.2. The lowest BCUT2D eigenvalue weighted by atomic mass is 9.80. The molecule has 3 aromatic heterocycles. The molecule has 5 aliphatic heterocycles. The Bertz CT molecular complexity index is 2980. The van der Waals surface area contributed by atoms with Gasteiger partial charge in [-0.2, -0.15) is 0 Å². The second-order valence-corrected chi connectivity index (χ2v) is 22.2. The van der Waals surface area contributed by atoms with E-state index in [0.29, 0.717) is 74.9 Å². The summed E-state index contributed by atoms with van der Waals surface area (Å²) in [6.45, 7) is 11.7. The highest BCUT2D eigenvalue weighted by molar-refractivity contribution is 5.93. The number of carbonyl (C=O) groups is 4. The number of phenolic OH excluding ortho intramolecular Hbond substituents is 1. The number of aliphatic hydroxyl groups excluding tert-OH is 1. The molecule has 7 N–H and O–H groups in total. The molecule has 0 radical (unpaired) electrons. The van der Waals surface area contributed by atoms with Crippen LogP contribution in [-0.2, 0) is 27.3 Å². The van der Waals surface area contributed by atoms with Crippen molar-refractivity contribution < 1.29 is 34.5 Å². The Balaban J connectivity index is 0.746. The van der Waals surface area contributed by atoms with Gasteiger partial charge in [-0.05, 0) is 111 Å². The van der Waals surface area contributed by atoms with E-state index in [1.165, 1.54) is 4.90 Å². The summed E-state index contributed by atoms with van der Waals surface area (Å²) in [4.78, 5) is 78.2. The largest absolute Gasteiger partial charge is 0.507 e. The number of amides is 4. The highest BCUT2D eigenvalue weighted by Gasteiger charge is 2.47. The molecule has 0 aliphatic carbocycles. The average Bonchev–Trinajstić information content (AvgIpc) is 4.04. The van der Waals surface area contributed by atoms with Crippen LogP contribution in [0.3, 0.4) is 0 Å². The van der Waals surface area contributed by atoms with Crippen molar-refractivity contribution in [2.24, 2.45) is 5.41 Å². The molecule has 20 nitrogen and oxygen atoms in total. The number of rotatable bonds is 14. The third-order valence-electron chi connectivity index (χ3n) is 16.9. The Morgan fingerprint density at radius 3 is 2.39 bits per heavy atom. The summed E-state index contributed by atoms with van der Waals surface area (Å²) in [5.74, 6) is 1.99. The SMILES string of the molecule is C#Cc1ccc(CNC(=O)[C@@H]2C[C@@H](O)CN2C(=O)[C@@H](NC(=O)N2CCC(N3CCC(c4cnc(N5CCc6[nH]c7nnc(-c8ccccc8O)cc7c6[C@H]5C)nc4)CC3)CC2)C(C)(C)CCN2CCN[C@H](C(=O)O)C2)cc1. The number of nitrogens with one attached hydrogen (secondary N) is 4. The van der Waals surface area contributed by atoms with Crippen molar-refractivity contribution in [2.45, 2.75) is 114 Å². The van der Waals surface area contributed by atoms with E-state index in [2.05, 4.69) is 58.7 Å².